The Morgan fingerprint density at radius 3 is 2.88 bits per heavy atom. The van der Waals surface area contributed by atoms with Crippen LogP contribution < -0.4 is 15.2 Å². The molecule has 0 fully saturated rings. The van der Waals surface area contributed by atoms with Crippen molar-refractivity contribution in [2.45, 2.75) is 12.5 Å². The molecule has 0 saturated carbocycles. The van der Waals surface area contributed by atoms with E-state index in [1.807, 2.05) is 0 Å². The molecule has 1 aromatic rings. The molecular weight excluding hydrogens is 248 g/mol. The Balaban J connectivity index is 0.00000144. The van der Waals surface area contributed by atoms with Gasteiger partial charge in [0, 0.05) is 18.5 Å². The van der Waals surface area contributed by atoms with E-state index < -0.39 is 4.92 Å². The predicted octanol–water partition coefficient (Wildman–Crippen LogP) is 1.81. The summed E-state index contributed by atoms with van der Waals surface area (Å²) in [4.78, 5) is 10.3. The van der Waals surface area contributed by atoms with Crippen molar-refractivity contribution >= 4 is 18.1 Å². The topological polar surface area (TPSA) is 87.6 Å². The maximum atomic E-state index is 10.8. The number of hydrogen-bond acceptors (Lipinski definition) is 5. The Morgan fingerprint density at radius 1 is 1.59 bits per heavy atom. The van der Waals surface area contributed by atoms with Crippen molar-refractivity contribution < 1.29 is 14.4 Å². The number of nitrogens with two attached hydrogens (primary N) is 1. The molecule has 0 radical (unpaired) electrons. The average molecular weight is 261 g/mol. The van der Waals surface area contributed by atoms with E-state index in [2.05, 4.69) is 0 Å². The quantitative estimate of drug-likeness (QED) is 0.647. The summed E-state index contributed by atoms with van der Waals surface area (Å²) < 4.78 is 10.5. The van der Waals surface area contributed by atoms with E-state index in [-0.39, 0.29) is 29.9 Å². The van der Waals surface area contributed by atoms with Crippen molar-refractivity contribution in [1.82, 2.24) is 0 Å². The van der Waals surface area contributed by atoms with E-state index in [1.165, 1.54) is 13.2 Å². The van der Waals surface area contributed by atoms with Crippen molar-refractivity contribution in [3.63, 3.8) is 0 Å². The lowest BCUT2D eigenvalue weighted by atomic mass is 9.99. The van der Waals surface area contributed by atoms with Gasteiger partial charge in [0.2, 0.25) is 5.75 Å². The average Bonchev–Trinajstić information content (AvgIpc) is 2.27. The highest BCUT2D eigenvalue weighted by atomic mass is 35.5. The van der Waals surface area contributed by atoms with Crippen LogP contribution in [0, 0.1) is 10.1 Å². The van der Waals surface area contributed by atoms with Crippen LogP contribution >= 0.6 is 12.4 Å². The summed E-state index contributed by atoms with van der Waals surface area (Å²) >= 11 is 0. The molecule has 2 rings (SSSR count). The van der Waals surface area contributed by atoms with Gasteiger partial charge in [-0.3, -0.25) is 10.1 Å². The van der Waals surface area contributed by atoms with Gasteiger partial charge in [0.15, 0.2) is 0 Å². The smallest absolute Gasteiger partial charge is 0.311 e. The maximum absolute atomic E-state index is 10.8. The maximum Gasteiger partial charge on any atom is 0.311 e. The van der Waals surface area contributed by atoms with Crippen LogP contribution in [-0.2, 0) is 0 Å². The summed E-state index contributed by atoms with van der Waals surface area (Å²) in [6.45, 7) is 0.391. The van der Waals surface area contributed by atoms with E-state index in [1.54, 1.807) is 6.07 Å². The van der Waals surface area contributed by atoms with Gasteiger partial charge >= 0.3 is 5.69 Å². The van der Waals surface area contributed by atoms with Gasteiger partial charge in [0.05, 0.1) is 24.2 Å². The Kier molecular flexibility index (Phi) is 4.14. The van der Waals surface area contributed by atoms with E-state index >= 15 is 0 Å². The fraction of sp³-hybridized carbons (Fsp3) is 0.400. The summed E-state index contributed by atoms with van der Waals surface area (Å²) in [5, 5.41) is 10.8. The number of rotatable bonds is 2. The van der Waals surface area contributed by atoms with Gasteiger partial charge in [-0.2, -0.15) is 0 Å². The molecule has 94 valence electrons. The minimum absolute atomic E-state index is 0. The lowest BCUT2D eigenvalue weighted by Gasteiger charge is -2.24. The van der Waals surface area contributed by atoms with Crippen molar-refractivity contribution in [3.8, 4) is 11.5 Å². The van der Waals surface area contributed by atoms with Crippen molar-refractivity contribution in [2.75, 3.05) is 13.7 Å². The zero-order valence-corrected chi connectivity index (χ0v) is 10.0. The second-order valence-electron chi connectivity index (χ2n) is 3.53. The monoisotopic (exact) mass is 260 g/mol. The van der Waals surface area contributed by atoms with Gasteiger partial charge < -0.3 is 15.2 Å². The molecule has 0 spiro atoms. The summed E-state index contributed by atoms with van der Waals surface area (Å²) in [6.07, 6.45) is 0.629. The molecule has 7 heteroatoms. The Morgan fingerprint density at radius 2 is 2.29 bits per heavy atom. The molecule has 0 bridgehead atoms. The van der Waals surface area contributed by atoms with E-state index in [4.69, 9.17) is 15.2 Å². The number of nitro benzene ring substituents is 1. The van der Waals surface area contributed by atoms with Crippen LogP contribution in [-0.4, -0.2) is 18.6 Å². The Bertz CT molecular complexity index is 439. The highest BCUT2D eigenvalue weighted by Gasteiger charge is 2.29. The third-order valence-corrected chi connectivity index (χ3v) is 2.60. The number of benzene rings is 1. The molecule has 0 saturated heterocycles. The minimum atomic E-state index is -0.476. The van der Waals surface area contributed by atoms with Crippen LogP contribution in [0.1, 0.15) is 18.0 Å². The number of nitrogens with zero attached hydrogens (tertiary/aromatic N) is 1. The molecular formula is C10H13ClN2O4. The second kappa shape index (κ2) is 5.20. The van der Waals surface area contributed by atoms with Crippen LogP contribution in [0.25, 0.3) is 0 Å². The number of ether oxygens (including phenoxy) is 2. The number of methoxy groups -OCH3 is 1. The summed E-state index contributed by atoms with van der Waals surface area (Å²) in [5.41, 5.74) is 6.43. The fourth-order valence-corrected chi connectivity index (χ4v) is 1.83. The van der Waals surface area contributed by atoms with Crippen LogP contribution in [0.3, 0.4) is 0 Å². The SMILES string of the molecule is COc1ccc([N+](=O)[O-])c2c1[C@@H](N)CCO2.Cl. The first-order valence-corrected chi connectivity index (χ1v) is 4.88. The van der Waals surface area contributed by atoms with E-state index in [0.29, 0.717) is 24.3 Å². The van der Waals surface area contributed by atoms with Gasteiger partial charge in [0.25, 0.3) is 0 Å². The van der Waals surface area contributed by atoms with Gasteiger partial charge in [-0.05, 0) is 6.07 Å². The molecule has 1 heterocycles. The molecule has 0 aromatic heterocycles. The van der Waals surface area contributed by atoms with Gasteiger partial charge in [0.1, 0.15) is 5.75 Å². The number of nitro groups is 1. The number of hydrogen-bond donors (Lipinski definition) is 1. The zero-order chi connectivity index (χ0) is 11.7. The molecule has 0 amide bonds. The molecule has 6 nitrogen and oxygen atoms in total. The molecule has 1 aliphatic rings. The molecule has 1 atom stereocenters. The fourth-order valence-electron chi connectivity index (χ4n) is 1.83. The third-order valence-electron chi connectivity index (χ3n) is 2.60. The first-order valence-electron chi connectivity index (χ1n) is 4.88. The van der Waals surface area contributed by atoms with Crippen molar-refractivity contribution in [3.05, 3.63) is 27.8 Å². The summed E-state index contributed by atoms with van der Waals surface area (Å²) in [5.74, 6) is 0.774. The molecule has 17 heavy (non-hydrogen) atoms. The number of fused-ring (bicyclic) bond motifs is 1. The minimum Gasteiger partial charge on any atom is -0.496 e. The molecule has 2 N–H and O–H groups in total. The Labute approximate surface area is 104 Å². The molecule has 1 aromatic carbocycles. The van der Waals surface area contributed by atoms with E-state index in [0.717, 1.165) is 0 Å². The molecule has 1 aliphatic heterocycles. The third kappa shape index (κ3) is 2.27. The molecule has 0 unspecified atom stereocenters. The van der Waals surface area contributed by atoms with Crippen LogP contribution in [0.15, 0.2) is 12.1 Å². The lowest BCUT2D eigenvalue weighted by Crippen LogP contribution is -2.22. The van der Waals surface area contributed by atoms with Crippen molar-refractivity contribution in [1.29, 1.82) is 0 Å². The predicted molar refractivity (Wildman–Crippen MR) is 63.9 cm³/mol. The van der Waals surface area contributed by atoms with Gasteiger partial charge in [-0.1, -0.05) is 0 Å². The van der Waals surface area contributed by atoms with Crippen molar-refractivity contribution in [2.24, 2.45) is 5.73 Å². The van der Waals surface area contributed by atoms with Gasteiger partial charge in [-0.15, -0.1) is 12.4 Å². The normalized spacial score (nSPS) is 17.4. The largest absolute Gasteiger partial charge is 0.496 e. The Hall–Kier alpha value is -1.53. The lowest BCUT2D eigenvalue weighted by molar-refractivity contribution is -0.386. The van der Waals surface area contributed by atoms with Crippen LogP contribution in [0.2, 0.25) is 0 Å². The highest BCUT2D eigenvalue weighted by Crippen LogP contribution is 2.43. The molecule has 0 aliphatic carbocycles. The van der Waals surface area contributed by atoms with E-state index in [9.17, 15) is 10.1 Å². The highest BCUT2D eigenvalue weighted by molar-refractivity contribution is 5.85. The summed E-state index contributed by atoms with van der Waals surface area (Å²) in [7, 11) is 1.50. The zero-order valence-electron chi connectivity index (χ0n) is 9.21. The van der Waals surface area contributed by atoms with Crippen LogP contribution in [0.4, 0.5) is 5.69 Å². The summed E-state index contributed by atoms with van der Waals surface area (Å²) in [6, 6.07) is 2.64. The number of halogens is 1. The second-order valence-corrected chi connectivity index (χ2v) is 3.53. The van der Waals surface area contributed by atoms with Gasteiger partial charge in [-0.25, -0.2) is 0 Å². The first kappa shape index (κ1) is 13.5. The first-order chi connectivity index (χ1) is 7.65. The standard InChI is InChI=1S/C10H12N2O4.ClH/c1-15-8-3-2-7(12(13)14)10-9(8)6(11)4-5-16-10;/h2-3,6H,4-5,11H2,1H3;1H/t6-;/m0./s1. The van der Waals surface area contributed by atoms with Crippen LogP contribution in [0.5, 0.6) is 11.5 Å².